The third kappa shape index (κ3) is 1.17. The van der Waals surface area contributed by atoms with Crippen LogP contribution in [0.2, 0.25) is 0 Å². The van der Waals surface area contributed by atoms with Crippen LogP contribution in [0.15, 0.2) is 0 Å². The lowest BCUT2D eigenvalue weighted by Crippen LogP contribution is -2.24. The topological polar surface area (TPSA) is 37.4 Å². The molecule has 1 aliphatic heterocycles. The van der Waals surface area contributed by atoms with Gasteiger partial charge in [-0.1, -0.05) is 0 Å². The summed E-state index contributed by atoms with van der Waals surface area (Å²) in [6.07, 6.45) is 1.28. The number of carbonyl (C=O) groups excluding carboxylic acids is 2. The van der Waals surface area contributed by atoms with E-state index in [0.29, 0.717) is 13.0 Å². The highest BCUT2D eigenvalue weighted by atomic mass is 16.2. The zero-order valence-electron chi connectivity index (χ0n) is 6.04. The van der Waals surface area contributed by atoms with Crippen LogP contribution in [0.5, 0.6) is 0 Å². The summed E-state index contributed by atoms with van der Waals surface area (Å²) in [6.45, 7) is 3.27. The second-order valence-electron chi connectivity index (χ2n) is 2.53. The zero-order valence-corrected chi connectivity index (χ0v) is 6.04. The smallest absolute Gasteiger partial charge is 0.223 e. The molecule has 0 unspecified atom stereocenters. The van der Waals surface area contributed by atoms with Crippen LogP contribution in [0.25, 0.3) is 0 Å². The molecule has 1 aliphatic rings. The fourth-order valence-corrected chi connectivity index (χ4v) is 1.20. The van der Waals surface area contributed by atoms with Crippen molar-refractivity contribution in [1.82, 2.24) is 4.90 Å². The van der Waals surface area contributed by atoms with Crippen molar-refractivity contribution in [3.63, 3.8) is 0 Å². The Labute approximate surface area is 60.0 Å². The fraction of sp³-hybridized carbons (Fsp3) is 0.714. The van der Waals surface area contributed by atoms with Crippen molar-refractivity contribution in [1.29, 1.82) is 0 Å². The average molecular weight is 141 g/mol. The van der Waals surface area contributed by atoms with E-state index in [-0.39, 0.29) is 11.8 Å². The maximum absolute atomic E-state index is 10.9. The summed E-state index contributed by atoms with van der Waals surface area (Å²) in [5, 5.41) is 0. The number of nitrogens with zero attached hydrogens (tertiary/aromatic N) is 1. The molecule has 0 aromatic heterocycles. The molecule has 1 heterocycles. The lowest BCUT2D eigenvalue weighted by molar-refractivity contribution is -0.127. The highest BCUT2D eigenvalue weighted by molar-refractivity contribution is 5.82. The number of hydrogen-bond donors (Lipinski definition) is 0. The number of rotatable bonds is 2. The number of amides is 1. The van der Waals surface area contributed by atoms with E-state index < -0.39 is 0 Å². The Kier molecular flexibility index (Phi) is 2.04. The Bertz CT molecular complexity index is 156. The lowest BCUT2D eigenvalue weighted by atomic mass is 10.1. The second-order valence-corrected chi connectivity index (χ2v) is 2.53. The number of aldehydes is 1. The van der Waals surface area contributed by atoms with Crippen LogP contribution in [-0.2, 0) is 9.59 Å². The molecule has 0 bridgehead atoms. The van der Waals surface area contributed by atoms with E-state index in [2.05, 4.69) is 0 Å². The summed E-state index contributed by atoms with van der Waals surface area (Å²) in [4.78, 5) is 22.9. The van der Waals surface area contributed by atoms with Crippen LogP contribution < -0.4 is 0 Å². The van der Waals surface area contributed by atoms with Crippen molar-refractivity contribution >= 4 is 12.2 Å². The predicted molar refractivity (Wildman–Crippen MR) is 36.4 cm³/mol. The van der Waals surface area contributed by atoms with E-state index in [1.165, 1.54) is 0 Å². The van der Waals surface area contributed by atoms with Gasteiger partial charge in [-0.05, 0) is 6.92 Å². The Morgan fingerprint density at radius 3 is 2.80 bits per heavy atom. The van der Waals surface area contributed by atoms with Gasteiger partial charge in [0.05, 0.1) is 0 Å². The van der Waals surface area contributed by atoms with Gasteiger partial charge >= 0.3 is 0 Å². The van der Waals surface area contributed by atoms with Gasteiger partial charge in [-0.3, -0.25) is 4.79 Å². The van der Waals surface area contributed by atoms with Crippen molar-refractivity contribution in [3.8, 4) is 0 Å². The Balaban J connectivity index is 2.51. The molecule has 0 saturated carbocycles. The molecular formula is C7H11NO2. The van der Waals surface area contributed by atoms with Crippen LogP contribution >= 0.6 is 0 Å². The zero-order chi connectivity index (χ0) is 7.56. The molecule has 0 aromatic carbocycles. The maximum atomic E-state index is 10.9. The second kappa shape index (κ2) is 2.82. The summed E-state index contributed by atoms with van der Waals surface area (Å²) in [7, 11) is 0. The molecule has 0 spiro atoms. The SMILES string of the molecule is CCN1C[C@@H](C=O)CC1=O. The average Bonchev–Trinajstić information content (AvgIpc) is 2.30. The van der Waals surface area contributed by atoms with Crippen LogP contribution in [0.1, 0.15) is 13.3 Å². The van der Waals surface area contributed by atoms with Gasteiger partial charge in [0, 0.05) is 25.4 Å². The molecule has 0 N–H and O–H groups in total. The minimum atomic E-state index is -0.0487. The minimum absolute atomic E-state index is 0.0487. The van der Waals surface area contributed by atoms with Gasteiger partial charge in [-0.15, -0.1) is 0 Å². The number of hydrogen-bond acceptors (Lipinski definition) is 2. The van der Waals surface area contributed by atoms with Crippen molar-refractivity contribution in [2.24, 2.45) is 5.92 Å². The Hall–Kier alpha value is -0.860. The van der Waals surface area contributed by atoms with Gasteiger partial charge in [0.25, 0.3) is 0 Å². The summed E-state index contributed by atoms with van der Waals surface area (Å²) in [5.74, 6) is 0.0621. The Morgan fingerprint density at radius 1 is 1.80 bits per heavy atom. The Morgan fingerprint density at radius 2 is 2.50 bits per heavy atom. The van der Waals surface area contributed by atoms with Crippen molar-refractivity contribution in [2.75, 3.05) is 13.1 Å². The molecule has 10 heavy (non-hydrogen) atoms. The highest BCUT2D eigenvalue weighted by Crippen LogP contribution is 2.14. The monoisotopic (exact) mass is 141 g/mol. The van der Waals surface area contributed by atoms with Crippen LogP contribution in [0.3, 0.4) is 0 Å². The summed E-state index contributed by atoms with van der Waals surface area (Å²) in [6, 6.07) is 0. The van der Waals surface area contributed by atoms with Crippen LogP contribution in [-0.4, -0.2) is 30.2 Å². The van der Waals surface area contributed by atoms with Gasteiger partial charge in [-0.2, -0.15) is 0 Å². The van der Waals surface area contributed by atoms with Gasteiger partial charge < -0.3 is 9.69 Å². The normalized spacial score (nSPS) is 25.5. The molecule has 1 rings (SSSR count). The molecule has 0 aromatic rings. The van der Waals surface area contributed by atoms with Crippen LogP contribution in [0, 0.1) is 5.92 Å². The molecule has 3 nitrogen and oxygen atoms in total. The van der Waals surface area contributed by atoms with Crippen molar-refractivity contribution in [2.45, 2.75) is 13.3 Å². The van der Waals surface area contributed by atoms with E-state index in [0.717, 1.165) is 12.8 Å². The third-order valence-corrected chi connectivity index (χ3v) is 1.82. The first kappa shape index (κ1) is 7.25. The summed E-state index contributed by atoms with van der Waals surface area (Å²) >= 11 is 0. The predicted octanol–water partition coefficient (Wildman–Crippen LogP) is 0.0537. The first-order valence-electron chi connectivity index (χ1n) is 3.51. The molecule has 1 atom stereocenters. The van der Waals surface area contributed by atoms with E-state index in [1.807, 2.05) is 6.92 Å². The molecule has 1 saturated heterocycles. The lowest BCUT2D eigenvalue weighted by Gasteiger charge is -2.10. The molecule has 1 amide bonds. The van der Waals surface area contributed by atoms with Crippen molar-refractivity contribution < 1.29 is 9.59 Å². The number of likely N-dealkylation sites (tertiary alicyclic amines) is 1. The van der Waals surface area contributed by atoms with E-state index in [9.17, 15) is 9.59 Å². The maximum Gasteiger partial charge on any atom is 0.223 e. The summed E-state index contributed by atoms with van der Waals surface area (Å²) < 4.78 is 0. The van der Waals surface area contributed by atoms with E-state index >= 15 is 0 Å². The van der Waals surface area contributed by atoms with E-state index in [4.69, 9.17) is 0 Å². The highest BCUT2D eigenvalue weighted by Gasteiger charge is 2.27. The standard InChI is InChI=1S/C7H11NO2/c1-2-8-4-6(5-9)3-7(8)10/h5-6H,2-4H2,1H3/t6-/m0/s1. The van der Waals surface area contributed by atoms with Crippen molar-refractivity contribution in [3.05, 3.63) is 0 Å². The molecule has 0 aliphatic carbocycles. The molecule has 1 fully saturated rings. The first-order chi connectivity index (χ1) is 4.77. The minimum Gasteiger partial charge on any atom is -0.342 e. The molecule has 0 radical (unpaired) electrons. The molecule has 3 heteroatoms. The van der Waals surface area contributed by atoms with Crippen LogP contribution in [0.4, 0.5) is 0 Å². The fourth-order valence-electron chi connectivity index (χ4n) is 1.20. The third-order valence-electron chi connectivity index (χ3n) is 1.82. The number of carbonyl (C=O) groups is 2. The van der Waals surface area contributed by atoms with Gasteiger partial charge in [-0.25, -0.2) is 0 Å². The summed E-state index contributed by atoms with van der Waals surface area (Å²) in [5.41, 5.74) is 0. The quantitative estimate of drug-likeness (QED) is 0.510. The van der Waals surface area contributed by atoms with Gasteiger partial charge in [0.2, 0.25) is 5.91 Å². The largest absolute Gasteiger partial charge is 0.342 e. The van der Waals surface area contributed by atoms with Gasteiger partial charge in [0.1, 0.15) is 6.29 Å². The molecule has 56 valence electrons. The first-order valence-corrected chi connectivity index (χ1v) is 3.51. The van der Waals surface area contributed by atoms with Gasteiger partial charge in [0.15, 0.2) is 0 Å². The van der Waals surface area contributed by atoms with E-state index in [1.54, 1.807) is 4.90 Å². The molecular weight excluding hydrogens is 130 g/mol.